The van der Waals surface area contributed by atoms with Gasteiger partial charge in [-0.1, -0.05) is 0 Å². The molecule has 0 saturated carbocycles. The van der Waals surface area contributed by atoms with Crippen LogP contribution in [0, 0.1) is 0 Å². The summed E-state index contributed by atoms with van der Waals surface area (Å²) < 4.78 is 0. The number of H-pyrrole nitrogens is 3. The van der Waals surface area contributed by atoms with Gasteiger partial charge in [0, 0.05) is 11.8 Å². The van der Waals surface area contributed by atoms with Crippen LogP contribution in [-0.2, 0) is 10.2 Å². The number of carbonyl (C=O) groups excluding carboxylic acids is 1. The van der Waals surface area contributed by atoms with Crippen molar-refractivity contribution < 1.29 is 4.79 Å². The van der Waals surface area contributed by atoms with E-state index >= 15 is 0 Å². The van der Waals surface area contributed by atoms with Crippen molar-refractivity contribution in [2.75, 3.05) is 5.32 Å². The van der Waals surface area contributed by atoms with E-state index in [0.29, 0.717) is 17.0 Å². The number of aromatic amines is 3. The molecule has 3 aromatic rings. The normalized spacial score (nSPS) is 15.7. The Morgan fingerprint density at radius 2 is 1.78 bits per heavy atom. The first kappa shape index (κ1) is 13.5. The second-order valence-electron chi connectivity index (χ2n) is 6.08. The molecule has 2 aromatic heterocycles. The molecule has 1 aromatic carbocycles. The van der Waals surface area contributed by atoms with Crippen molar-refractivity contribution in [3.05, 3.63) is 44.6 Å². The van der Waals surface area contributed by atoms with E-state index in [1.165, 1.54) is 6.07 Å². The first-order chi connectivity index (χ1) is 10.8. The van der Waals surface area contributed by atoms with E-state index in [4.69, 9.17) is 0 Å². The van der Waals surface area contributed by atoms with E-state index in [1.54, 1.807) is 6.07 Å². The Balaban J connectivity index is 1.92. The molecule has 116 valence electrons. The number of anilines is 1. The Labute approximate surface area is 129 Å². The molecule has 3 heterocycles. The van der Waals surface area contributed by atoms with Gasteiger partial charge in [-0.25, -0.2) is 9.78 Å². The fraction of sp³-hybridized carbons (Fsp3) is 0.200. The number of aromatic nitrogens is 4. The molecule has 1 aliphatic heterocycles. The summed E-state index contributed by atoms with van der Waals surface area (Å²) in [5.41, 5.74) is 1.56. The number of benzene rings is 1. The van der Waals surface area contributed by atoms with Crippen LogP contribution < -0.4 is 16.6 Å². The fourth-order valence-electron chi connectivity index (χ4n) is 2.80. The highest BCUT2D eigenvalue weighted by Crippen LogP contribution is 2.39. The Hall–Kier alpha value is -3.16. The largest absolute Gasteiger partial charge is 0.337 e. The number of amides is 1. The number of nitrogens with one attached hydrogen (secondary N) is 4. The van der Waals surface area contributed by atoms with E-state index in [2.05, 4.69) is 25.3 Å². The Morgan fingerprint density at radius 1 is 1.00 bits per heavy atom. The number of carbonyl (C=O) groups is 1. The lowest BCUT2D eigenvalue weighted by atomic mass is 9.86. The maximum absolute atomic E-state index is 12.0. The number of fused-ring (bicyclic) bond motifs is 2. The summed E-state index contributed by atoms with van der Waals surface area (Å²) in [6, 6.07) is 4.91. The van der Waals surface area contributed by atoms with Gasteiger partial charge in [0.1, 0.15) is 0 Å². The van der Waals surface area contributed by atoms with Crippen LogP contribution in [0.5, 0.6) is 0 Å². The Bertz CT molecular complexity index is 1060. The third kappa shape index (κ3) is 1.91. The molecule has 0 spiro atoms. The number of hydrogen-bond donors (Lipinski definition) is 4. The highest BCUT2D eigenvalue weighted by Gasteiger charge is 2.38. The third-order valence-electron chi connectivity index (χ3n) is 4.13. The second-order valence-corrected chi connectivity index (χ2v) is 6.08. The Morgan fingerprint density at radius 3 is 2.52 bits per heavy atom. The van der Waals surface area contributed by atoms with E-state index in [0.717, 1.165) is 16.8 Å². The van der Waals surface area contributed by atoms with Gasteiger partial charge in [-0.15, -0.1) is 0 Å². The lowest BCUT2D eigenvalue weighted by molar-refractivity contribution is -0.119. The van der Waals surface area contributed by atoms with Crippen LogP contribution in [0.1, 0.15) is 19.4 Å². The van der Waals surface area contributed by atoms with Crippen LogP contribution in [-0.4, -0.2) is 25.8 Å². The van der Waals surface area contributed by atoms with Gasteiger partial charge in [0.25, 0.3) is 5.56 Å². The molecule has 0 aliphatic carbocycles. The molecule has 8 heteroatoms. The molecule has 1 amide bonds. The minimum absolute atomic E-state index is 0.0562. The summed E-state index contributed by atoms with van der Waals surface area (Å²) in [6.07, 6.45) is 0. The van der Waals surface area contributed by atoms with Crippen LogP contribution in [0.4, 0.5) is 5.69 Å². The molecular formula is C15H13N5O3. The van der Waals surface area contributed by atoms with Gasteiger partial charge in [-0.3, -0.25) is 14.6 Å². The molecule has 0 saturated heterocycles. The van der Waals surface area contributed by atoms with Gasteiger partial charge in [0.2, 0.25) is 5.91 Å². The van der Waals surface area contributed by atoms with Gasteiger partial charge >= 0.3 is 5.69 Å². The van der Waals surface area contributed by atoms with Crippen molar-refractivity contribution in [1.29, 1.82) is 0 Å². The zero-order chi connectivity index (χ0) is 16.4. The first-order valence-corrected chi connectivity index (χ1v) is 7.04. The predicted molar refractivity (Wildman–Crippen MR) is 84.4 cm³/mol. The number of rotatable bonds is 1. The number of hydrogen-bond acceptors (Lipinski definition) is 4. The van der Waals surface area contributed by atoms with Crippen molar-refractivity contribution in [3.8, 4) is 11.5 Å². The van der Waals surface area contributed by atoms with Crippen molar-refractivity contribution in [2.24, 2.45) is 0 Å². The fourth-order valence-corrected chi connectivity index (χ4v) is 2.80. The van der Waals surface area contributed by atoms with E-state index in [9.17, 15) is 14.4 Å². The molecule has 0 fully saturated rings. The summed E-state index contributed by atoms with van der Waals surface area (Å²) in [5.74, 6) is 0.329. The molecular weight excluding hydrogens is 298 g/mol. The second kappa shape index (κ2) is 4.19. The van der Waals surface area contributed by atoms with Crippen LogP contribution >= 0.6 is 0 Å². The third-order valence-corrected chi connectivity index (χ3v) is 4.13. The predicted octanol–water partition coefficient (Wildman–Crippen LogP) is 0.836. The van der Waals surface area contributed by atoms with E-state index in [1.807, 2.05) is 19.9 Å². The molecule has 0 bridgehead atoms. The van der Waals surface area contributed by atoms with E-state index < -0.39 is 16.7 Å². The maximum Gasteiger partial charge on any atom is 0.326 e. The molecule has 0 unspecified atom stereocenters. The van der Waals surface area contributed by atoms with Crippen molar-refractivity contribution >= 4 is 22.6 Å². The molecule has 0 radical (unpaired) electrons. The SMILES string of the molecule is CC1(C)C(=O)Nc2cc3nc(-c4cc(=O)[nH]c(=O)[nH]4)[nH]c3cc21. The summed E-state index contributed by atoms with van der Waals surface area (Å²) in [6.45, 7) is 3.71. The van der Waals surface area contributed by atoms with Crippen LogP contribution in [0.25, 0.3) is 22.6 Å². The highest BCUT2D eigenvalue weighted by atomic mass is 16.2. The molecule has 4 rings (SSSR count). The van der Waals surface area contributed by atoms with Crippen molar-refractivity contribution in [2.45, 2.75) is 19.3 Å². The minimum Gasteiger partial charge on any atom is -0.337 e. The quantitative estimate of drug-likeness (QED) is 0.531. The maximum atomic E-state index is 12.0. The van der Waals surface area contributed by atoms with Crippen molar-refractivity contribution in [3.63, 3.8) is 0 Å². The summed E-state index contributed by atoms with van der Waals surface area (Å²) in [5, 5.41) is 2.84. The zero-order valence-corrected chi connectivity index (χ0v) is 12.4. The van der Waals surface area contributed by atoms with Crippen LogP contribution in [0.2, 0.25) is 0 Å². The standard InChI is InChI=1S/C15H13N5O3/c1-15(2)6-3-8-9(4-7(6)18-13(15)22)17-12(16-8)10-5-11(21)20-14(23)19-10/h3-5H,1-2H3,(H,16,17)(H,18,22)(H2,19,20,21,23). The first-order valence-electron chi connectivity index (χ1n) is 7.04. The number of nitrogens with zero attached hydrogens (tertiary/aromatic N) is 1. The van der Waals surface area contributed by atoms with Crippen LogP contribution in [0.15, 0.2) is 27.8 Å². The monoisotopic (exact) mass is 311 g/mol. The summed E-state index contributed by atoms with van der Waals surface area (Å²) >= 11 is 0. The van der Waals surface area contributed by atoms with Gasteiger partial charge in [-0.05, 0) is 31.5 Å². The van der Waals surface area contributed by atoms with Crippen molar-refractivity contribution in [1.82, 2.24) is 19.9 Å². The topological polar surface area (TPSA) is 123 Å². The average molecular weight is 311 g/mol. The molecule has 1 aliphatic rings. The van der Waals surface area contributed by atoms with E-state index in [-0.39, 0.29) is 5.91 Å². The van der Waals surface area contributed by atoms with Gasteiger partial charge in [0.15, 0.2) is 5.82 Å². The lowest BCUT2D eigenvalue weighted by Crippen LogP contribution is -2.26. The molecule has 0 atom stereocenters. The van der Waals surface area contributed by atoms with Gasteiger partial charge in [0.05, 0.1) is 22.1 Å². The van der Waals surface area contributed by atoms with Gasteiger partial charge in [-0.2, -0.15) is 0 Å². The lowest BCUT2D eigenvalue weighted by Gasteiger charge is -2.14. The highest BCUT2D eigenvalue weighted by molar-refractivity contribution is 6.07. The minimum atomic E-state index is -0.618. The summed E-state index contributed by atoms with van der Waals surface area (Å²) in [7, 11) is 0. The van der Waals surface area contributed by atoms with Crippen LogP contribution in [0.3, 0.4) is 0 Å². The molecule has 8 nitrogen and oxygen atoms in total. The zero-order valence-electron chi connectivity index (χ0n) is 12.4. The smallest absolute Gasteiger partial charge is 0.326 e. The number of imidazole rings is 1. The summed E-state index contributed by atoms with van der Waals surface area (Å²) in [4.78, 5) is 46.9. The average Bonchev–Trinajstić information content (AvgIpc) is 2.96. The molecule has 4 N–H and O–H groups in total. The Kier molecular flexibility index (Phi) is 2.46. The van der Waals surface area contributed by atoms with Gasteiger partial charge < -0.3 is 15.3 Å². The molecule has 23 heavy (non-hydrogen) atoms.